The molecule has 0 bridgehead atoms. The second-order valence-electron chi connectivity index (χ2n) is 6.01. The van der Waals surface area contributed by atoms with Crippen LogP contribution >= 0.6 is 0 Å². The number of carbonyl (C=O) groups excluding carboxylic acids is 2. The van der Waals surface area contributed by atoms with Crippen molar-refractivity contribution in [3.63, 3.8) is 0 Å². The lowest BCUT2D eigenvalue weighted by Gasteiger charge is -2.26. The largest absolute Gasteiger partial charge is 0.386 e. The molecule has 25 heavy (non-hydrogen) atoms. The molecule has 3 amide bonds. The summed E-state index contributed by atoms with van der Waals surface area (Å²) < 4.78 is 13.8. The smallest absolute Gasteiger partial charge is 0.325 e. The summed E-state index contributed by atoms with van der Waals surface area (Å²) >= 11 is 0. The zero-order valence-electron chi connectivity index (χ0n) is 13.8. The molecule has 3 rings (SSSR count). The number of amides is 3. The summed E-state index contributed by atoms with van der Waals surface area (Å²) in [6, 6.07) is 14.1. The van der Waals surface area contributed by atoms with Crippen molar-refractivity contribution in [1.82, 2.24) is 10.2 Å². The Kier molecular flexibility index (Phi) is 4.55. The second-order valence-corrected chi connectivity index (χ2v) is 6.01. The molecule has 130 valence electrons. The van der Waals surface area contributed by atoms with E-state index in [9.17, 15) is 19.1 Å². The molecule has 2 aromatic carbocycles. The number of rotatable bonds is 5. The third-order valence-corrected chi connectivity index (χ3v) is 4.59. The minimum atomic E-state index is -1.29. The number of hydrogen-bond donors (Lipinski definition) is 2. The number of carbonyl (C=O) groups is 2. The van der Waals surface area contributed by atoms with Crippen LogP contribution in [0.1, 0.15) is 30.6 Å². The molecular formula is C19H19FN2O3. The van der Waals surface area contributed by atoms with Gasteiger partial charge in [-0.2, -0.15) is 0 Å². The van der Waals surface area contributed by atoms with Crippen LogP contribution in [0.4, 0.5) is 9.18 Å². The SMILES string of the molecule is CCC1(c2ccccc2)NC(=O)N(CC(O)c2ccccc2F)C1=O. The number of halogens is 1. The number of urea groups is 1. The summed E-state index contributed by atoms with van der Waals surface area (Å²) in [4.78, 5) is 26.3. The maximum absolute atomic E-state index is 13.8. The van der Waals surface area contributed by atoms with Gasteiger partial charge in [0.15, 0.2) is 0 Å². The first-order valence-corrected chi connectivity index (χ1v) is 8.11. The predicted octanol–water partition coefficient (Wildman–Crippen LogP) is 2.72. The maximum Gasteiger partial charge on any atom is 0.325 e. The van der Waals surface area contributed by atoms with Gasteiger partial charge in [-0.3, -0.25) is 9.69 Å². The number of hydrogen-bond acceptors (Lipinski definition) is 3. The normalized spacial score (nSPS) is 21.3. The fourth-order valence-corrected chi connectivity index (χ4v) is 3.17. The van der Waals surface area contributed by atoms with E-state index < -0.39 is 29.4 Å². The fourth-order valence-electron chi connectivity index (χ4n) is 3.17. The molecule has 1 heterocycles. The lowest BCUT2D eigenvalue weighted by Crippen LogP contribution is -2.43. The van der Waals surface area contributed by atoms with Crippen molar-refractivity contribution in [2.24, 2.45) is 0 Å². The molecule has 2 N–H and O–H groups in total. The van der Waals surface area contributed by atoms with Crippen molar-refractivity contribution in [3.8, 4) is 0 Å². The molecule has 0 aliphatic carbocycles. The number of nitrogens with one attached hydrogen (secondary N) is 1. The van der Waals surface area contributed by atoms with E-state index in [1.165, 1.54) is 18.2 Å². The third kappa shape index (κ3) is 2.89. The summed E-state index contributed by atoms with van der Waals surface area (Å²) in [7, 11) is 0. The maximum atomic E-state index is 13.8. The molecule has 1 aliphatic heterocycles. The molecule has 2 atom stereocenters. The van der Waals surface area contributed by atoms with Crippen LogP contribution < -0.4 is 5.32 Å². The van der Waals surface area contributed by atoms with Crippen molar-refractivity contribution < 1.29 is 19.1 Å². The van der Waals surface area contributed by atoms with E-state index in [2.05, 4.69) is 5.32 Å². The van der Waals surface area contributed by atoms with E-state index in [4.69, 9.17) is 0 Å². The molecular weight excluding hydrogens is 323 g/mol. The van der Waals surface area contributed by atoms with Crippen molar-refractivity contribution in [2.75, 3.05) is 6.54 Å². The molecule has 1 fully saturated rings. The van der Waals surface area contributed by atoms with Gasteiger partial charge in [0.25, 0.3) is 5.91 Å². The molecule has 2 aromatic rings. The molecule has 1 aliphatic rings. The van der Waals surface area contributed by atoms with Gasteiger partial charge in [-0.15, -0.1) is 0 Å². The molecule has 1 saturated heterocycles. The average Bonchev–Trinajstić information content (AvgIpc) is 2.88. The minimum Gasteiger partial charge on any atom is -0.386 e. The van der Waals surface area contributed by atoms with E-state index in [0.717, 1.165) is 4.90 Å². The number of benzene rings is 2. The highest BCUT2D eigenvalue weighted by atomic mass is 19.1. The Bertz CT molecular complexity index is 796. The number of aliphatic hydroxyl groups is 1. The summed E-state index contributed by atoms with van der Waals surface area (Å²) in [5.41, 5.74) is -0.427. The first kappa shape index (κ1) is 17.1. The van der Waals surface area contributed by atoms with Crippen LogP contribution in [0.5, 0.6) is 0 Å². The van der Waals surface area contributed by atoms with Crippen molar-refractivity contribution in [2.45, 2.75) is 25.0 Å². The van der Waals surface area contributed by atoms with Gasteiger partial charge in [0.1, 0.15) is 11.4 Å². The lowest BCUT2D eigenvalue weighted by molar-refractivity contribution is -0.132. The Balaban J connectivity index is 1.88. The van der Waals surface area contributed by atoms with Crippen LogP contribution in [-0.4, -0.2) is 28.5 Å². The molecule has 6 heteroatoms. The standard InChI is InChI=1S/C19H19FN2O3/c1-2-19(13-8-4-3-5-9-13)17(24)22(18(25)21-19)12-16(23)14-10-6-7-11-15(14)20/h3-11,16,23H,2,12H2,1H3,(H,21,25). The van der Waals surface area contributed by atoms with E-state index >= 15 is 0 Å². The molecule has 0 spiro atoms. The van der Waals surface area contributed by atoms with Gasteiger partial charge in [-0.1, -0.05) is 55.5 Å². The zero-order valence-corrected chi connectivity index (χ0v) is 13.8. The number of aliphatic hydroxyl groups excluding tert-OH is 1. The number of nitrogens with zero attached hydrogens (tertiary/aromatic N) is 1. The Morgan fingerprint density at radius 3 is 2.40 bits per heavy atom. The predicted molar refractivity (Wildman–Crippen MR) is 90.0 cm³/mol. The van der Waals surface area contributed by atoms with E-state index in [0.29, 0.717) is 12.0 Å². The summed E-state index contributed by atoms with van der Waals surface area (Å²) in [5, 5.41) is 13.0. The van der Waals surface area contributed by atoms with Gasteiger partial charge in [0.05, 0.1) is 12.6 Å². The van der Waals surface area contributed by atoms with E-state index in [-0.39, 0.29) is 12.1 Å². The van der Waals surface area contributed by atoms with Gasteiger partial charge in [0, 0.05) is 5.56 Å². The highest BCUT2D eigenvalue weighted by molar-refractivity contribution is 6.07. The van der Waals surface area contributed by atoms with Gasteiger partial charge >= 0.3 is 6.03 Å². The monoisotopic (exact) mass is 342 g/mol. The first-order chi connectivity index (χ1) is 12.0. The molecule has 2 unspecified atom stereocenters. The van der Waals surface area contributed by atoms with E-state index in [1.807, 2.05) is 13.0 Å². The van der Waals surface area contributed by atoms with Crippen LogP contribution in [0.25, 0.3) is 0 Å². The van der Waals surface area contributed by atoms with Crippen LogP contribution in [0.15, 0.2) is 54.6 Å². The first-order valence-electron chi connectivity index (χ1n) is 8.11. The zero-order chi connectivity index (χ0) is 18.0. The highest BCUT2D eigenvalue weighted by Crippen LogP contribution is 2.33. The Labute approximate surface area is 145 Å². The van der Waals surface area contributed by atoms with Gasteiger partial charge in [-0.25, -0.2) is 9.18 Å². The third-order valence-electron chi connectivity index (χ3n) is 4.59. The fraction of sp³-hybridized carbons (Fsp3) is 0.263. The van der Waals surface area contributed by atoms with Gasteiger partial charge in [-0.05, 0) is 18.1 Å². The Morgan fingerprint density at radius 1 is 1.12 bits per heavy atom. The summed E-state index contributed by atoms with van der Waals surface area (Å²) in [5.74, 6) is -1.02. The lowest BCUT2D eigenvalue weighted by atomic mass is 9.87. The molecule has 0 saturated carbocycles. The van der Waals surface area contributed by atoms with E-state index in [1.54, 1.807) is 30.3 Å². The quantitative estimate of drug-likeness (QED) is 0.821. The van der Waals surface area contributed by atoms with Gasteiger partial charge < -0.3 is 10.4 Å². The van der Waals surface area contributed by atoms with Crippen molar-refractivity contribution >= 4 is 11.9 Å². The summed E-state index contributed by atoms with van der Waals surface area (Å²) in [6.45, 7) is 1.50. The van der Waals surface area contributed by atoms with Crippen molar-refractivity contribution in [1.29, 1.82) is 0 Å². The summed E-state index contributed by atoms with van der Waals surface area (Å²) in [6.07, 6.45) is -0.923. The molecule has 0 aromatic heterocycles. The average molecular weight is 342 g/mol. The minimum absolute atomic E-state index is 0.0526. The Morgan fingerprint density at radius 2 is 1.76 bits per heavy atom. The van der Waals surface area contributed by atoms with Crippen LogP contribution in [0.3, 0.4) is 0 Å². The van der Waals surface area contributed by atoms with Crippen LogP contribution in [-0.2, 0) is 10.3 Å². The second kappa shape index (κ2) is 6.64. The number of β-amino-alcohol motifs (C(OH)–C–C–N with tert-alkyl or cyclic N) is 1. The number of imide groups is 1. The molecule has 5 nitrogen and oxygen atoms in total. The van der Waals surface area contributed by atoms with Crippen LogP contribution in [0, 0.1) is 5.82 Å². The Hall–Kier alpha value is -2.73. The van der Waals surface area contributed by atoms with Crippen molar-refractivity contribution in [3.05, 3.63) is 71.5 Å². The topological polar surface area (TPSA) is 69.6 Å². The van der Waals surface area contributed by atoms with Gasteiger partial charge in [0.2, 0.25) is 0 Å². The van der Waals surface area contributed by atoms with Crippen LogP contribution in [0.2, 0.25) is 0 Å². The molecule has 0 radical (unpaired) electrons. The highest BCUT2D eigenvalue weighted by Gasteiger charge is 2.51.